The van der Waals surface area contributed by atoms with Crippen LogP contribution in [0.4, 0.5) is 5.69 Å². The summed E-state index contributed by atoms with van der Waals surface area (Å²) in [5.41, 5.74) is 0.750. The van der Waals surface area contributed by atoms with Gasteiger partial charge < -0.3 is 23.8 Å². The third kappa shape index (κ3) is 4.64. The van der Waals surface area contributed by atoms with Crippen molar-refractivity contribution < 1.29 is 28.5 Å². The van der Waals surface area contributed by atoms with E-state index < -0.39 is 11.9 Å². The molecule has 2 aromatic carbocycles. The van der Waals surface area contributed by atoms with Gasteiger partial charge in [0.2, 0.25) is 0 Å². The predicted molar refractivity (Wildman–Crippen MR) is 107 cm³/mol. The van der Waals surface area contributed by atoms with Crippen LogP contribution in [-0.2, 0) is 23.8 Å². The molecule has 152 valence electrons. The van der Waals surface area contributed by atoms with E-state index in [9.17, 15) is 9.59 Å². The molecule has 0 atom stereocenters. The molecule has 1 aliphatic rings. The summed E-state index contributed by atoms with van der Waals surface area (Å²) in [5.74, 6) is -0.352. The predicted octanol–water partition coefficient (Wildman–Crippen LogP) is 4.18. The van der Waals surface area contributed by atoms with Gasteiger partial charge in [-0.15, -0.1) is 0 Å². The zero-order valence-corrected chi connectivity index (χ0v) is 17.1. The number of hydrogen-bond acceptors (Lipinski definition) is 7. The second-order valence-corrected chi connectivity index (χ2v) is 6.73. The molecule has 0 radical (unpaired) electrons. The van der Waals surface area contributed by atoms with Gasteiger partial charge in [0, 0.05) is 10.7 Å². The lowest BCUT2D eigenvalue weighted by Crippen LogP contribution is -2.38. The number of hydrogen-bond donors (Lipinski definition) is 0. The Morgan fingerprint density at radius 3 is 2.31 bits per heavy atom. The van der Waals surface area contributed by atoms with E-state index >= 15 is 0 Å². The van der Waals surface area contributed by atoms with E-state index in [2.05, 4.69) is 0 Å². The molecule has 0 aliphatic carbocycles. The van der Waals surface area contributed by atoms with Crippen LogP contribution in [0.2, 0.25) is 10.0 Å². The van der Waals surface area contributed by atoms with Gasteiger partial charge >= 0.3 is 11.9 Å². The Labute approximate surface area is 177 Å². The van der Waals surface area contributed by atoms with Crippen LogP contribution in [0.5, 0.6) is 11.5 Å². The summed E-state index contributed by atoms with van der Waals surface area (Å²) in [5, 5.41) is 0.885. The van der Waals surface area contributed by atoms with Gasteiger partial charge in [-0.1, -0.05) is 23.2 Å². The molecule has 9 heteroatoms. The second-order valence-electron chi connectivity index (χ2n) is 5.89. The molecule has 7 nitrogen and oxygen atoms in total. The number of rotatable bonds is 5. The SMILES string of the molecule is COC(=O)C1=C(C(=O)OC)N(c2ccc(Oc3ccc(Cl)cc3Cl)cc2)COC1. The van der Waals surface area contributed by atoms with Crippen molar-refractivity contribution in [2.24, 2.45) is 0 Å². The lowest BCUT2D eigenvalue weighted by molar-refractivity contribution is -0.140. The van der Waals surface area contributed by atoms with E-state index in [0.29, 0.717) is 27.2 Å². The Morgan fingerprint density at radius 1 is 1.00 bits per heavy atom. The Balaban J connectivity index is 1.89. The molecule has 0 bridgehead atoms. The smallest absolute Gasteiger partial charge is 0.355 e. The molecule has 29 heavy (non-hydrogen) atoms. The molecular formula is C20H17Cl2NO6. The van der Waals surface area contributed by atoms with Crippen molar-refractivity contribution in [1.82, 2.24) is 0 Å². The first-order chi connectivity index (χ1) is 13.9. The first-order valence-corrected chi connectivity index (χ1v) is 9.18. The molecule has 0 unspecified atom stereocenters. The summed E-state index contributed by atoms with van der Waals surface area (Å²) in [4.78, 5) is 25.9. The van der Waals surface area contributed by atoms with E-state index in [1.807, 2.05) is 0 Å². The molecule has 0 saturated carbocycles. The van der Waals surface area contributed by atoms with Crippen molar-refractivity contribution in [1.29, 1.82) is 0 Å². The fourth-order valence-electron chi connectivity index (χ4n) is 2.73. The highest BCUT2D eigenvalue weighted by atomic mass is 35.5. The van der Waals surface area contributed by atoms with E-state index in [1.165, 1.54) is 19.1 Å². The van der Waals surface area contributed by atoms with Gasteiger partial charge in [0.1, 0.15) is 23.9 Å². The highest BCUT2D eigenvalue weighted by molar-refractivity contribution is 6.35. The number of ether oxygens (including phenoxy) is 4. The summed E-state index contributed by atoms with van der Waals surface area (Å²) >= 11 is 12.0. The Hall–Kier alpha value is -2.74. The number of anilines is 1. The Bertz CT molecular complexity index is 958. The molecule has 0 aromatic heterocycles. The van der Waals surface area contributed by atoms with Gasteiger partial charge in [-0.3, -0.25) is 0 Å². The topological polar surface area (TPSA) is 74.3 Å². The van der Waals surface area contributed by atoms with Crippen molar-refractivity contribution in [2.75, 3.05) is 32.5 Å². The molecule has 3 rings (SSSR count). The number of esters is 2. The average molecular weight is 438 g/mol. The Morgan fingerprint density at radius 2 is 1.69 bits per heavy atom. The monoisotopic (exact) mass is 437 g/mol. The highest BCUT2D eigenvalue weighted by Crippen LogP contribution is 2.33. The molecule has 1 aliphatic heterocycles. The van der Waals surface area contributed by atoms with Gasteiger partial charge in [0.25, 0.3) is 0 Å². The van der Waals surface area contributed by atoms with Crippen LogP contribution in [0.15, 0.2) is 53.7 Å². The van der Waals surface area contributed by atoms with E-state index in [0.717, 1.165) is 0 Å². The van der Waals surface area contributed by atoms with E-state index in [1.54, 1.807) is 42.5 Å². The van der Waals surface area contributed by atoms with Crippen LogP contribution in [0.25, 0.3) is 0 Å². The highest BCUT2D eigenvalue weighted by Gasteiger charge is 2.32. The number of methoxy groups -OCH3 is 2. The first-order valence-electron chi connectivity index (χ1n) is 8.42. The molecule has 1 heterocycles. The lowest BCUT2D eigenvalue weighted by atomic mass is 10.1. The van der Waals surface area contributed by atoms with Gasteiger partial charge in [-0.25, -0.2) is 9.59 Å². The van der Waals surface area contributed by atoms with Crippen LogP contribution in [0.3, 0.4) is 0 Å². The molecule has 0 saturated heterocycles. The van der Waals surface area contributed by atoms with Crippen molar-refractivity contribution in [3.63, 3.8) is 0 Å². The van der Waals surface area contributed by atoms with Crippen LogP contribution >= 0.6 is 23.2 Å². The molecule has 2 aromatic rings. The summed E-state index contributed by atoms with van der Waals surface area (Å²) in [6, 6.07) is 11.7. The van der Waals surface area contributed by atoms with Gasteiger partial charge in [0.05, 0.1) is 31.4 Å². The standard InChI is InChI=1S/C20H17Cl2NO6/c1-26-19(24)15-10-28-11-23(18(15)20(25)27-2)13-4-6-14(7-5-13)29-17-8-3-12(21)9-16(17)22/h3-9H,10-11H2,1-2H3. The minimum atomic E-state index is -0.665. The largest absolute Gasteiger partial charge is 0.466 e. The molecule has 0 fully saturated rings. The van der Waals surface area contributed by atoms with E-state index in [4.69, 9.17) is 42.1 Å². The fraction of sp³-hybridized carbons (Fsp3) is 0.200. The minimum absolute atomic E-state index is 0.0517. The van der Waals surface area contributed by atoms with Gasteiger partial charge in [0.15, 0.2) is 0 Å². The number of carbonyl (C=O) groups is 2. The molecule has 0 amide bonds. The summed E-state index contributed by atoms with van der Waals surface area (Å²) in [7, 11) is 2.47. The number of nitrogens with zero attached hydrogens (tertiary/aromatic N) is 1. The summed E-state index contributed by atoms with van der Waals surface area (Å²) in [6.07, 6.45) is 0. The maximum absolute atomic E-state index is 12.3. The zero-order valence-electron chi connectivity index (χ0n) is 15.6. The molecular weight excluding hydrogens is 421 g/mol. The number of carbonyl (C=O) groups excluding carboxylic acids is 2. The van der Waals surface area contributed by atoms with Crippen LogP contribution < -0.4 is 9.64 Å². The number of benzene rings is 2. The normalized spacial score (nSPS) is 13.9. The average Bonchev–Trinajstić information content (AvgIpc) is 2.74. The maximum Gasteiger partial charge on any atom is 0.355 e. The Kier molecular flexibility index (Phi) is 6.64. The van der Waals surface area contributed by atoms with Crippen molar-refractivity contribution in [2.45, 2.75) is 0 Å². The van der Waals surface area contributed by atoms with Gasteiger partial charge in [-0.2, -0.15) is 0 Å². The summed E-state index contributed by atoms with van der Waals surface area (Å²) < 4.78 is 20.8. The van der Waals surface area contributed by atoms with Crippen LogP contribution in [0.1, 0.15) is 0 Å². The second kappa shape index (κ2) is 9.17. The third-order valence-corrected chi connectivity index (χ3v) is 4.63. The van der Waals surface area contributed by atoms with Crippen LogP contribution in [0, 0.1) is 0 Å². The van der Waals surface area contributed by atoms with Crippen LogP contribution in [-0.4, -0.2) is 39.5 Å². The minimum Gasteiger partial charge on any atom is -0.466 e. The first kappa shape index (κ1) is 21.0. The lowest BCUT2D eigenvalue weighted by Gasteiger charge is -2.31. The van der Waals surface area contributed by atoms with Gasteiger partial charge in [-0.05, 0) is 42.5 Å². The quantitative estimate of drug-likeness (QED) is 0.649. The van der Waals surface area contributed by atoms with Crippen molar-refractivity contribution >= 4 is 40.8 Å². The number of halogens is 2. The molecule has 0 N–H and O–H groups in total. The van der Waals surface area contributed by atoms with Crippen molar-refractivity contribution in [3.05, 3.63) is 63.8 Å². The summed E-state index contributed by atoms with van der Waals surface area (Å²) in [6.45, 7) is 0.0119. The van der Waals surface area contributed by atoms with Crippen molar-refractivity contribution in [3.8, 4) is 11.5 Å². The fourth-order valence-corrected chi connectivity index (χ4v) is 3.17. The zero-order chi connectivity index (χ0) is 21.0. The third-order valence-electron chi connectivity index (χ3n) is 4.10. The maximum atomic E-state index is 12.3. The van der Waals surface area contributed by atoms with E-state index in [-0.39, 0.29) is 24.6 Å². The molecule has 0 spiro atoms.